The summed E-state index contributed by atoms with van der Waals surface area (Å²) in [6, 6.07) is 8.74. The lowest BCUT2D eigenvalue weighted by Gasteiger charge is -2.31. The molecule has 148 valence electrons. The molecule has 3 aromatic rings. The fourth-order valence-corrected chi connectivity index (χ4v) is 5.00. The Morgan fingerprint density at radius 3 is 2.90 bits per heavy atom. The van der Waals surface area contributed by atoms with Crippen molar-refractivity contribution in [1.29, 1.82) is 0 Å². The van der Waals surface area contributed by atoms with Crippen LogP contribution < -0.4 is 10.1 Å². The van der Waals surface area contributed by atoms with Crippen molar-refractivity contribution in [2.24, 2.45) is 0 Å². The van der Waals surface area contributed by atoms with Gasteiger partial charge in [-0.15, -0.1) is 11.3 Å². The number of thiophene rings is 1. The first-order valence-electron chi connectivity index (χ1n) is 9.29. The molecule has 1 spiro atoms. The molecule has 1 saturated heterocycles. The van der Waals surface area contributed by atoms with Crippen molar-refractivity contribution in [3.8, 4) is 17.1 Å². The third kappa shape index (κ3) is 2.80. The number of amides is 3. The van der Waals surface area contributed by atoms with Gasteiger partial charge in [0.25, 0.3) is 5.91 Å². The Morgan fingerprint density at radius 1 is 1.28 bits per heavy atom. The number of rotatable bonds is 4. The number of carbonyl (C=O) groups is 2. The number of imide groups is 1. The summed E-state index contributed by atoms with van der Waals surface area (Å²) in [6.45, 7) is -0.0605. The van der Waals surface area contributed by atoms with Crippen LogP contribution in [0.1, 0.15) is 29.2 Å². The van der Waals surface area contributed by atoms with E-state index in [1.54, 1.807) is 30.6 Å². The van der Waals surface area contributed by atoms with E-state index in [0.717, 1.165) is 39.5 Å². The van der Waals surface area contributed by atoms with Crippen molar-refractivity contribution in [1.82, 2.24) is 20.4 Å². The summed E-state index contributed by atoms with van der Waals surface area (Å²) in [4.78, 5) is 32.6. The zero-order valence-corrected chi connectivity index (χ0v) is 16.5. The highest BCUT2D eigenvalue weighted by Gasteiger charge is 2.54. The molecular weight excluding hydrogens is 392 g/mol. The van der Waals surface area contributed by atoms with Gasteiger partial charge < -0.3 is 14.6 Å². The molecule has 2 aromatic heterocycles. The van der Waals surface area contributed by atoms with E-state index in [1.165, 1.54) is 0 Å². The predicted octanol–water partition coefficient (Wildman–Crippen LogP) is 3.09. The summed E-state index contributed by atoms with van der Waals surface area (Å²) in [6.07, 6.45) is 2.39. The number of benzene rings is 1. The van der Waals surface area contributed by atoms with E-state index in [9.17, 15) is 9.59 Å². The third-order valence-electron chi connectivity index (χ3n) is 5.45. The van der Waals surface area contributed by atoms with Crippen LogP contribution in [0.5, 0.6) is 5.75 Å². The molecule has 5 rings (SSSR count). The van der Waals surface area contributed by atoms with Gasteiger partial charge in [0.05, 0.1) is 7.11 Å². The molecule has 1 aromatic carbocycles. The molecule has 1 fully saturated rings. The lowest BCUT2D eigenvalue weighted by atomic mass is 9.80. The van der Waals surface area contributed by atoms with Gasteiger partial charge in [-0.1, -0.05) is 5.16 Å². The number of nitrogens with zero attached hydrogens (tertiary/aromatic N) is 3. The first kappa shape index (κ1) is 17.9. The molecule has 3 amide bonds. The maximum absolute atomic E-state index is 13.2. The van der Waals surface area contributed by atoms with E-state index in [1.807, 2.05) is 23.6 Å². The van der Waals surface area contributed by atoms with Gasteiger partial charge in [-0.2, -0.15) is 4.98 Å². The van der Waals surface area contributed by atoms with E-state index >= 15 is 0 Å². The van der Waals surface area contributed by atoms with Crippen LogP contribution in [0.15, 0.2) is 40.2 Å². The number of nitrogens with one attached hydrogen (secondary N) is 1. The highest BCUT2D eigenvalue weighted by Crippen LogP contribution is 2.42. The maximum atomic E-state index is 13.2. The molecule has 0 bridgehead atoms. The standard InChI is InChI=1S/C20H18N4O4S/c1-27-13-6-4-12(5-7-13)17-21-16(28-23-17)11-24-18(25)20(22-19(24)26)9-2-3-15-14(20)8-10-29-15/h4-8,10H,2-3,9,11H2,1H3,(H,22,26)/t20-/m0/s1. The van der Waals surface area contributed by atoms with E-state index in [4.69, 9.17) is 9.26 Å². The summed E-state index contributed by atoms with van der Waals surface area (Å²) in [7, 11) is 1.59. The topological polar surface area (TPSA) is 97.6 Å². The van der Waals surface area contributed by atoms with Crippen LogP contribution >= 0.6 is 11.3 Å². The summed E-state index contributed by atoms with van der Waals surface area (Å²) >= 11 is 1.63. The third-order valence-corrected chi connectivity index (χ3v) is 6.43. The Labute approximate surface area is 170 Å². The van der Waals surface area contributed by atoms with Gasteiger partial charge in [0.15, 0.2) is 0 Å². The van der Waals surface area contributed by atoms with Crippen molar-refractivity contribution < 1.29 is 18.8 Å². The Morgan fingerprint density at radius 2 is 2.10 bits per heavy atom. The molecule has 9 heteroatoms. The Balaban J connectivity index is 1.39. The summed E-state index contributed by atoms with van der Waals surface area (Å²) in [5.41, 5.74) is 0.701. The lowest BCUT2D eigenvalue weighted by molar-refractivity contribution is -0.132. The molecule has 29 heavy (non-hydrogen) atoms. The SMILES string of the molecule is COc1ccc(-c2noc(CN3C(=O)N[C@]4(CCCc5sccc54)C3=O)n2)cc1. The molecule has 0 radical (unpaired) electrons. The molecular formula is C20H18N4O4S. The highest BCUT2D eigenvalue weighted by molar-refractivity contribution is 7.10. The van der Waals surface area contributed by atoms with Crippen molar-refractivity contribution in [3.63, 3.8) is 0 Å². The largest absolute Gasteiger partial charge is 0.497 e. The Kier molecular flexibility index (Phi) is 4.13. The maximum Gasteiger partial charge on any atom is 0.325 e. The average molecular weight is 410 g/mol. The van der Waals surface area contributed by atoms with Gasteiger partial charge in [-0.05, 0) is 55.0 Å². The van der Waals surface area contributed by atoms with Crippen LogP contribution in [-0.2, 0) is 23.3 Å². The average Bonchev–Trinajstić information content (AvgIpc) is 3.45. The molecule has 3 heterocycles. The number of ether oxygens (including phenoxy) is 1. The van der Waals surface area contributed by atoms with Gasteiger partial charge in [0, 0.05) is 16.0 Å². The van der Waals surface area contributed by atoms with Crippen LogP contribution in [-0.4, -0.2) is 34.1 Å². The molecule has 1 N–H and O–H groups in total. The van der Waals surface area contributed by atoms with Crippen LogP contribution in [0, 0.1) is 0 Å². The fourth-order valence-electron chi connectivity index (χ4n) is 4.00. The van der Waals surface area contributed by atoms with Crippen LogP contribution in [0.4, 0.5) is 4.79 Å². The molecule has 0 saturated carbocycles. The second-order valence-electron chi connectivity index (χ2n) is 7.08. The molecule has 0 unspecified atom stereocenters. The second-order valence-corrected chi connectivity index (χ2v) is 8.08. The number of carbonyl (C=O) groups excluding carboxylic acids is 2. The van der Waals surface area contributed by atoms with E-state index in [-0.39, 0.29) is 18.3 Å². The summed E-state index contributed by atoms with van der Waals surface area (Å²) in [5.74, 6) is 1.06. The second kappa shape index (κ2) is 6.70. The minimum Gasteiger partial charge on any atom is -0.497 e. The normalized spacial score (nSPS) is 20.8. The number of urea groups is 1. The minimum absolute atomic E-state index is 0.0605. The first-order chi connectivity index (χ1) is 14.1. The van der Waals surface area contributed by atoms with Crippen molar-refractivity contribution in [2.75, 3.05) is 7.11 Å². The highest BCUT2D eigenvalue weighted by atomic mass is 32.1. The zero-order chi connectivity index (χ0) is 20.0. The quantitative estimate of drug-likeness (QED) is 0.664. The van der Waals surface area contributed by atoms with E-state index in [0.29, 0.717) is 12.2 Å². The predicted molar refractivity (Wildman–Crippen MR) is 104 cm³/mol. The van der Waals surface area contributed by atoms with Crippen LogP contribution in [0.3, 0.4) is 0 Å². The first-order valence-corrected chi connectivity index (χ1v) is 10.2. The number of aromatic nitrogens is 2. The van der Waals surface area contributed by atoms with Crippen LogP contribution in [0.25, 0.3) is 11.4 Å². The number of fused-ring (bicyclic) bond motifs is 2. The molecule has 1 atom stereocenters. The number of methoxy groups -OCH3 is 1. The van der Waals surface area contributed by atoms with E-state index < -0.39 is 11.6 Å². The van der Waals surface area contributed by atoms with Crippen LogP contribution in [0.2, 0.25) is 0 Å². The molecule has 2 aliphatic rings. The van der Waals surface area contributed by atoms with Crippen molar-refractivity contribution in [3.05, 3.63) is 52.0 Å². The molecule has 1 aliphatic carbocycles. The van der Waals surface area contributed by atoms with Crippen molar-refractivity contribution in [2.45, 2.75) is 31.3 Å². The van der Waals surface area contributed by atoms with Gasteiger partial charge in [-0.25, -0.2) is 4.79 Å². The number of aryl methyl sites for hydroxylation is 1. The summed E-state index contributed by atoms with van der Waals surface area (Å²) < 4.78 is 10.4. The minimum atomic E-state index is -0.969. The monoisotopic (exact) mass is 410 g/mol. The lowest BCUT2D eigenvalue weighted by Crippen LogP contribution is -2.46. The van der Waals surface area contributed by atoms with Gasteiger partial charge in [-0.3, -0.25) is 9.69 Å². The van der Waals surface area contributed by atoms with Crippen molar-refractivity contribution >= 4 is 23.3 Å². The molecule has 1 aliphatic heterocycles. The number of hydrogen-bond donors (Lipinski definition) is 1. The molecule has 8 nitrogen and oxygen atoms in total. The van der Waals surface area contributed by atoms with Gasteiger partial charge >= 0.3 is 6.03 Å². The Hall–Kier alpha value is -3.20. The Bertz CT molecular complexity index is 1090. The zero-order valence-electron chi connectivity index (χ0n) is 15.7. The van der Waals surface area contributed by atoms with Gasteiger partial charge in [0.1, 0.15) is 17.8 Å². The van der Waals surface area contributed by atoms with Gasteiger partial charge in [0.2, 0.25) is 11.7 Å². The van der Waals surface area contributed by atoms with E-state index in [2.05, 4.69) is 15.5 Å². The summed E-state index contributed by atoms with van der Waals surface area (Å²) in [5, 5.41) is 8.87. The fraction of sp³-hybridized carbons (Fsp3) is 0.300. The smallest absolute Gasteiger partial charge is 0.325 e. The number of hydrogen-bond acceptors (Lipinski definition) is 7.